The Labute approximate surface area is 235 Å². The van der Waals surface area contributed by atoms with E-state index in [1.54, 1.807) is 6.07 Å². The van der Waals surface area contributed by atoms with Crippen LogP contribution in [0.4, 0.5) is 0 Å². The topological polar surface area (TPSA) is 208 Å². The molecule has 0 fully saturated rings. The van der Waals surface area contributed by atoms with Gasteiger partial charge in [-0.3, -0.25) is 9.59 Å². The van der Waals surface area contributed by atoms with Gasteiger partial charge in [0.15, 0.2) is 17.3 Å². The van der Waals surface area contributed by atoms with Crippen LogP contribution in [0.25, 0.3) is 33.6 Å². The summed E-state index contributed by atoms with van der Waals surface area (Å²) in [7, 11) is 1.15. The molecule has 12 heteroatoms. The summed E-state index contributed by atoms with van der Waals surface area (Å²) in [5.41, 5.74) is -1.08. The summed E-state index contributed by atoms with van der Waals surface area (Å²) in [6.07, 6.45) is -0.422. The summed E-state index contributed by atoms with van der Waals surface area (Å²) in [6, 6.07) is 13.1. The average Bonchev–Trinajstić information content (AvgIpc) is 3.45. The lowest BCUT2D eigenvalue weighted by molar-refractivity contribution is -0.140. The first kappa shape index (κ1) is 27.6. The minimum absolute atomic E-state index is 0.0230. The number of esters is 1. The van der Waals surface area contributed by atoms with E-state index in [2.05, 4.69) is 0 Å². The molecule has 0 aliphatic carbocycles. The van der Waals surface area contributed by atoms with E-state index in [1.165, 1.54) is 36.4 Å². The number of carbonyl (C=O) groups is 2. The van der Waals surface area contributed by atoms with Crippen LogP contribution in [0, 0.1) is 0 Å². The lowest BCUT2D eigenvalue weighted by atomic mass is 9.90. The van der Waals surface area contributed by atoms with Gasteiger partial charge in [0.05, 0.1) is 25.0 Å². The van der Waals surface area contributed by atoms with E-state index in [1.807, 2.05) is 0 Å². The van der Waals surface area contributed by atoms with Gasteiger partial charge in [0, 0.05) is 22.8 Å². The van der Waals surface area contributed by atoms with Crippen LogP contribution in [0.2, 0.25) is 0 Å². The second-order valence-electron chi connectivity index (χ2n) is 9.26. The molecule has 6 N–H and O–H groups in total. The van der Waals surface area contributed by atoms with Gasteiger partial charge in [-0.25, -0.2) is 4.79 Å². The van der Waals surface area contributed by atoms with Crippen LogP contribution in [-0.4, -0.2) is 49.7 Å². The minimum atomic E-state index is -1.15. The quantitative estimate of drug-likeness (QED) is 0.116. The molecule has 3 aromatic carbocycles. The number of hydrogen-bond donors (Lipinski definition) is 6. The third kappa shape index (κ3) is 4.81. The Bertz CT molecular complexity index is 1910. The molecule has 214 valence electrons. The van der Waals surface area contributed by atoms with E-state index in [-0.39, 0.29) is 22.5 Å². The number of furan rings is 1. The number of carbonyl (C=O) groups excluding carboxylic acids is 1. The highest BCUT2D eigenvalue weighted by atomic mass is 16.5. The van der Waals surface area contributed by atoms with Gasteiger partial charge in [0.1, 0.15) is 34.0 Å². The molecule has 5 aromatic rings. The molecule has 0 aliphatic heterocycles. The van der Waals surface area contributed by atoms with Crippen LogP contribution in [0.5, 0.6) is 28.7 Å². The molecular weight excluding hydrogens is 552 g/mol. The molecule has 0 radical (unpaired) electrons. The highest BCUT2D eigenvalue weighted by Crippen LogP contribution is 2.45. The molecule has 2 heterocycles. The monoisotopic (exact) mass is 574 g/mol. The number of phenolic OH excluding ortho intramolecular Hbond substituents is 4. The molecule has 5 rings (SSSR count). The third-order valence-corrected chi connectivity index (χ3v) is 6.71. The predicted octanol–water partition coefficient (Wildman–Crippen LogP) is 4.64. The zero-order valence-corrected chi connectivity index (χ0v) is 21.7. The maximum Gasteiger partial charge on any atom is 0.335 e. The van der Waals surface area contributed by atoms with Gasteiger partial charge in [0.25, 0.3) is 0 Å². The smallest absolute Gasteiger partial charge is 0.335 e. The van der Waals surface area contributed by atoms with Crippen molar-refractivity contribution in [2.75, 3.05) is 7.11 Å². The van der Waals surface area contributed by atoms with Crippen LogP contribution >= 0.6 is 0 Å². The zero-order valence-electron chi connectivity index (χ0n) is 21.7. The molecule has 12 nitrogen and oxygen atoms in total. The Morgan fingerprint density at radius 1 is 0.810 bits per heavy atom. The molecule has 0 bridgehead atoms. The van der Waals surface area contributed by atoms with Gasteiger partial charge < -0.3 is 44.2 Å². The van der Waals surface area contributed by atoms with Crippen LogP contribution in [0.1, 0.15) is 34.0 Å². The van der Waals surface area contributed by atoms with Crippen LogP contribution in [-0.2, 0) is 9.53 Å². The number of hydrogen-bond acceptors (Lipinski definition) is 11. The number of fused-ring (bicyclic) bond motifs is 1. The van der Waals surface area contributed by atoms with E-state index in [9.17, 15) is 39.9 Å². The number of ether oxygens (including phenoxy) is 1. The molecule has 0 unspecified atom stereocenters. The Morgan fingerprint density at radius 2 is 1.50 bits per heavy atom. The molecule has 2 aromatic heterocycles. The number of aromatic carboxylic acids is 1. The van der Waals surface area contributed by atoms with Crippen molar-refractivity contribution in [3.63, 3.8) is 0 Å². The Balaban J connectivity index is 1.74. The van der Waals surface area contributed by atoms with Gasteiger partial charge in [-0.15, -0.1) is 0 Å². The lowest BCUT2D eigenvalue weighted by Gasteiger charge is -2.18. The van der Waals surface area contributed by atoms with Crippen molar-refractivity contribution >= 4 is 22.9 Å². The summed E-state index contributed by atoms with van der Waals surface area (Å²) < 4.78 is 16.7. The van der Waals surface area contributed by atoms with Gasteiger partial charge in [-0.1, -0.05) is 12.1 Å². The van der Waals surface area contributed by atoms with Crippen molar-refractivity contribution in [3.8, 4) is 51.4 Å². The highest BCUT2D eigenvalue weighted by molar-refractivity contribution is 5.92. The summed E-state index contributed by atoms with van der Waals surface area (Å²) >= 11 is 0. The fourth-order valence-electron chi connectivity index (χ4n) is 4.61. The SMILES string of the molecule is COC(=O)C[C@@H](c1ccc(-c2ccc(C(=O)O)cc2)o1)c1c(O)cc(O)c2c(=O)c(O)c(-c3ccc(O)c(O)c3)oc12. The van der Waals surface area contributed by atoms with Crippen molar-refractivity contribution in [3.05, 3.63) is 87.8 Å². The Morgan fingerprint density at radius 3 is 2.14 bits per heavy atom. The summed E-state index contributed by atoms with van der Waals surface area (Å²) in [5.74, 6) is -6.30. The van der Waals surface area contributed by atoms with Crippen molar-refractivity contribution in [1.82, 2.24) is 0 Å². The van der Waals surface area contributed by atoms with Crippen LogP contribution in [0.3, 0.4) is 0 Å². The molecule has 1 atom stereocenters. The van der Waals surface area contributed by atoms with Gasteiger partial charge in [-0.2, -0.15) is 0 Å². The number of carboxylic acid groups (broad SMARTS) is 1. The van der Waals surface area contributed by atoms with Crippen molar-refractivity contribution < 1.29 is 53.8 Å². The molecular formula is C30H22O12. The van der Waals surface area contributed by atoms with Gasteiger partial charge in [-0.05, 0) is 42.5 Å². The third-order valence-electron chi connectivity index (χ3n) is 6.71. The first-order chi connectivity index (χ1) is 20.0. The number of phenols is 4. The maximum absolute atomic E-state index is 13.2. The number of methoxy groups -OCH3 is 1. The molecule has 0 saturated carbocycles. The van der Waals surface area contributed by atoms with E-state index in [0.29, 0.717) is 11.3 Å². The zero-order chi connectivity index (χ0) is 30.3. The number of carboxylic acids is 1. The number of benzene rings is 3. The number of rotatable bonds is 7. The van der Waals surface area contributed by atoms with E-state index in [4.69, 9.17) is 18.7 Å². The van der Waals surface area contributed by atoms with E-state index in [0.717, 1.165) is 25.3 Å². The fourth-order valence-corrected chi connectivity index (χ4v) is 4.61. The average molecular weight is 574 g/mol. The molecule has 0 saturated heterocycles. The minimum Gasteiger partial charge on any atom is -0.507 e. The molecule has 0 aliphatic rings. The largest absolute Gasteiger partial charge is 0.507 e. The second-order valence-corrected chi connectivity index (χ2v) is 9.26. The summed E-state index contributed by atoms with van der Waals surface area (Å²) in [6.45, 7) is 0. The first-order valence-electron chi connectivity index (χ1n) is 12.3. The fraction of sp³-hybridized carbons (Fsp3) is 0.100. The molecule has 42 heavy (non-hydrogen) atoms. The van der Waals surface area contributed by atoms with Crippen molar-refractivity contribution in [1.29, 1.82) is 0 Å². The molecule has 0 spiro atoms. The first-order valence-corrected chi connectivity index (χ1v) is 12.3. The van der Waals surface area contributed by atoms with Gasteiger partial charge >= 0.3 is 11.9 Å². The standard InChI is InChI=1S/C30H22O12/c1-40-23(35)11-16(22-9-8-21(41-22)13-2-4-14(5-3-13)30(38)39)24-19(33)12-20(34)25-26(36)27(37)28(42-29(24)25)15-6-7-17(31)18(32)10-15/h2-10,12,16,31-34,37H,11H2,1H3,(H,38,39)/t16-/m0/s1. The van der Waals surface area contributed by atoms with Crippen molar-refractivity contribution in [2.45, 2.75) is 12.3 Å². The van der Waals surface area contributed by atoms with Crippen molar-refractivity contribution in [2.24, 2.45) is 0 Å². The lowest BCUT2D eigenvalue weighted by Crippen LogP contribution is -2.12. The molecule has 0 amide bonds. The van der Waals surface area contributed by atoms with E-state index < -0.39 is 75.2 Å². The highest BCUT2D eigenvalue weighted by Gasteiger charge is 2.32. The van der Waals surface area contributed by atoms with E-state index >= 15 is 0 Å². The normalized spacial score (nSPS) is 11.8. The number of aromatic hydroxyl groups is 5. The summed E-state index contributed by atoms with van der Waals surface area (Å²) in [5, 5.41) is 60.5. The van der Waals surface area contributed by atoms with Crippen LogP contribution in [0.15, 0.2) is 74.3 Å². The predicted molar refractivity (Wildman–Crippen MR) is 146 cm³/mol. The summed E-state index contributed by atoms with van der Waals surface area (Å²) in [4.78, 5) is 37.0. The Hall–Kier alpha value is -5.91. The maximum atomic E-state index is 13.2. The van der Waals surface area contributed by atoms with Gasteiger partial charge in [0.2, 0.25) is 11.2 Å². The Kier molecular flexibility index (Phi) is 6.96. The van der Waals surface area contributed by atoms with Crippen LogP contribution < -0.4 is 5.43 Å². The second kappa shape index (κ2) is 10.6.